The lowest BCUT2D eigenvalue weighted by molar-refractivity contribution is 0.112. The minimum Gasteiger partial charge on any atom is -0.317 e. The summed E-state index contributed by atoms with van der Waals surface area (Å²) in [7, 11) is 0. The minimum atomic E-state index is 0.803. The monoisotopic (exact) mass is 226 g/mol. The molecule has 1 aliphatic rings. The molecule has 0 aliphatic carbocycles. The maximum Gasteiger partial charge on any atom is 0.00925 e. The SMILES string of the molecule is CCCNCCCCN1CCCC(C)C1C. The third kappa shape index (κ3) is 4.84. The number of nitrogens with one attached hydrogen (secondary N) is 1. The van der Waals surface area contributed by atoms with Crippen LogP contribution in [0.5, 0.6) is 0 Å². The number of hydrogen-bond acceptors (Lipinski definition) is 2. The molecule has 0 aromatic rings. The molecule has 96 valence electrons. The van der Waals surface area contributed by atoms with Crippen LogP contribution in [-0.4, -0.2) is 37.1 Å². The van der Waals surface area contributed by atoms with Gasteiger partial charge in [0.25, 0.3) is 0 Å². The fraction of sp³-hybridized carbons (Fsp3) is 1.00. The number of unbranched alkanes of at least 4 members (excludes halogenated alkanes) is 1. The zero-order valence-electron chi connectivity index (χ0n) is 11.5. The molecule has 16 heavy (non-hydrogen) atoms. The van der Waals surface area contributed by atoms with E-state index < -0.39 is 0 Å². The molecular weight excluding hydrogens is 196 g/mol. The molecule has 0 amide bonds. The van der Waals surface area contributed by atoms with E-state index in [0.29, 0.717) is 0 Å². The molecule has 2 unspecified atom stereocenters. The van der Waals surface area contributed by atoms with Crippen LogP contribution in [0.2, 0.25) is 0 Å². The molecule has 0 saturated carbocycles. The van der Waals surface area contributed by atoms with E-state index in [-0.39, 0.29) is 0 Å². The standard InChI is InChI=1S/C14H30N2/c1-4-9-15-10-5-6-11-16-12-7-8-13(2)14(16)3/h13-15H,4-12H2,1-3H3. The molecule has 1 fully saturated rings. The average Bonchev–Trinajstić information content (AvgIpc) is 2.29. The lowest BCUT2D eigenvalue weighted by Crippen LogP contribution is -2.42. The summed E-state index contributed by atoms with van der Waals surface area (Å²) in [4.78, 5) is 2.69. The van der Waals surface area contributed by atoms with Gasteiger partial charge in [0.05, 0.1) is 0 Å². The lowest BCUT2D eigenvalue weighted by Gasteiger charge is -2.37. The number of nitrogens with zero attached hydrogens (tertiary/aromatic N) is 1. The van der Waals surface area contributed by atoms with Crippen molar-refractivity contribution in [1.29, 1.82) is 0 Å². The molecule has 2 heteroatoms. The fourth-order valence-corrected chi connectivity index (χ4v) is 2.60. The van der Waals surface area contributed by atoms with Crippen molar-refractivity contribution >= 4 is 0 Å². The summed E-state index contributed by atoms with van der Waals surface area (Å²) in [5.41, 5.74) is 0. The maximum absolute atomic E-state index is 3.47. The molecule has 2 nitrogen and oxygen atoms in total. The van der Waals surface area contributed by atoms with Gasteiger partial charge in [0.1, 0.15) is 0 Å². The Bertz CT molecular complexity index is 170. The molecule has 1 heterocycles. The van der Waals surface area contributed by atoms with Gasteiger partial charge in [-0.05, 0) is 71.1 Å². The van der Waals surface area contributed by atoms with Crippen LogP contribution in [0.25, 0.3) is 0 Å². The van der Waals surface area contributed by atoms with Crippen LogP contribution in [0.1, 0.15) is 52.9 Å². The van der Waals surface area contributed by atoms with Crippen molar-refractivity contribution in [3.63, 3.8) is 0 Å². The Kier molecular flexibility index (Phi) is 7.06. The van der Waals surface area contributed by atoms with Crippen molar-refractivity contribution in [2.45, 2.75) is 58.9 Å². The van der Waals surface area contributed by atoms with Gasteiger partial charge in [-0.25, -0.2) is 0 Å². The zero-order valence-corrected chi connectivity index (χ0v) is 11.5. The van der Waals surface area contributed by atoms with Crippen molar-refractivity contribution in [2.24, 2.45) is 5.92 Å². The quantitative estimate of drug-likeness (QED) is 0.672. The summed E-state index contributed by atoms with van der Waals surface area (Å²) in [6, 6.07) is 0.803. The Morgan fingerprint density at radius 2 is 2.00 bits per heavy atom. The Hall–Kier alpha value is -0.0800. The van der Waals surface area contributed by atoms with Gasteiger partial charge >= 0.3 is 0 Å². The van der Waals surface area contributed by atoms with E-state index in [0.717, 1.165) is 12.0 Å². The zero-order chi connectivity index (χ0) is 11.8. The van der Waals surface area contributed by atoms with E-state index in [4.69, 9.17) is 0 Å². The Balaban J connectivity index is 2.03. The first-order valence-corrected chi connectivity index (χ1v) is 7.20. The van der Waals surface area contributed by atoms with Crippen molar-refractivity contribution in [2.75, 3.05) is 26.2 Å². The maximum atomic E-state index is 3.47. The van der Waals surface area contributed by atoms with Crippen LogP contribution >= 0.6 is 0 Å². The summed E-state index contributed by atoms with van der Waals surface area (Å²) in [5.74, 6) is 0.895. The van der Waals surface area contributed by atoms with Crippen LogP contribution in [0.15, 0.2) is 0 Å². The number of likely N-dealkylation sites (tertiary alicyclic amines) is 1. The van der Waals surface area contributed by atoms with Gasteiger partial charge in [-0.2, -0.15) is 0 Å². The van der Waals surface area contributed by atoms with Crippen LogP contribution in [0.4, 0.5) is 0 Å². The van der Waals surface area contributed by atoms with Crippen LogP contribution in [0, 0.1) is 5.92 Å². The molecule has 2 atom stereocenters. The molecule has 0 aromatic heterocycles. The third-order valence-electron chi connectivity index (χ3n) is 3.98. The largest absolute Gasteiger partial charge is 0.317 e. The van der Waals surface area contributed by atoms with E-state index in [1.54, 1.807) is 0 Å². The number of piperidine rings is 1. The van der Waals surface area contributed by atoms with Crippen LogP contribution in [-0.2, 0) is 0 Å². The second-order valence-corrected chi connectivity index (χ2v) is 5.35. The molecule has 1 aliphatic heterocycles. The van der Waals surface area contributed by atoms with Gasteiger partial charge in [-0.1, -0.05) is 13.8 Å². The molecule has 0 aromatic carbocycles. The first-order valence-electron chi connectivity index (χ1n) is 7.20. The summed E-state index contributed by atoms with van der Waals surface area (Å²) < 4.78 is 0. The third-order valence-corrected chi connectivity index (χ3v) is 3.98. The highest BCUT2D eigenvalue weighted by molar-refractivity contribution is 4.78. The van der Waals surface area contributed by atoms with Crippen molar-refractivity contribution in [1.82, 2.24) is 10.2 Å². The first-order chi connectivity index (χ1) is 7.75. The lowest BCUT2D eigenvalue weighted by atomic mass is 9.92. The van der Waals surface area contributed by atoms with E-state index in [9.17, 15) is 0 Å². The van der Waals surface area contributed by atoms with Crippen molar-refractivity contribution in [3.8, 4) is 0 Å². The molecular formula is C14H30N2. The molecule has 0 bridgehead atoms. The van der Waals surface area contributed by atoms with Gasteiger partial charge in [0, 0.05) is 6.04 Å². The van der Waals surface area contributed by atoms with Gasteiger partial charge in [-0.3, -0.25) is 0 Å². The van der Waals surface area contributed by atoms with Crippen molar-refractivity contribution < 1.29 is 0 Å². The Labute approximate surface area is 102 Å². The smallest absolute Gasteiger partial charge is 0.00925 e. The summed E-state index contributed by atoms with van der Waals surface area (Å²) >= 11 is 0. The number of hydrogen-bond donors (Lipinski definition) is 1. The van der Waals surface area contributed by atoms with Crippen LogP contribution in [0.3, 0.4) is 0 Å². The highest BCUT2D eigenvalue weighted by Gasteiger charge is 2.23. The first kappa shape index (κ1) is 14.0. The van der Waals surface area contributed by atoms with Gasteiger partial charge in [0.2, 0.25) is 0 Å². The van der Waals surface area contributed by atoms with E-state index in [1.165, 1.54) is 58.3 Å². The summed E-state index contributed by atoms with van der Waals surface area (Å²) in [5, 5.41) is 3.47. The second-order valence-electron chi connectivity index (χ2n) is 5.35. The second kappa shape index (κ2) is 8.08. The Morgan fingerprint density at radius 1 is 1.19 bits per heavy atom. The molecule has 1 N–H and O–H groups in total. The van der Waals surface area contributed by atoms with Crippen LogP contribution < -0.4 is 5.32 Å². The van der Waals surface area contributed by atoms with E-state index in [2.05, 4.69) is 31.0 Å². The summed E-state index contributed by atoms with van der Waals surface area (Å²) in [6.45, 7) is 12.0. The predicted molar refractivity (Wildman–Crippen MR) is 71.8 cm³/mol. The molecule has 0 spiro atoms. The molecule has 0 radical (unpaired) electrons. The Morgan fingerprint density at radius 3 is 2.75 bits per heavy atom. The normalized spacial score (nSPS) is 27.2. The van der Waals surface area contributed by atoms with Gasteiger partial charge in [0.15, 0.2) is 0 Å². The van der Waals surface area contributed by atoms with E-state index >= 15 is 0 Å². The topological polar surface area (TPSA) is 15.3 Å². The molecule has 1 rings (SSSR count). The molecule has 1 saturated heterocycles. The van der Waals surface area contributed by atoms with Crippen molar-refractivity contribution in [3.05, 3.63) is 0 Å². The minimum absolute atomic E-state index is 0.803. The van der Waals surface area contributed by atoms with Gasteiger partial charge < -0.3 is 10.2 Å². The average molecular weight is 226 g/mol. The fourth-order valence-electron chi connectivity index (χ4n) is 2.60. The summed E-state index contributed by atoms with van der Waals surface area (Å²) in [6.07, 6.45) is 6.77. The highest BCUT2D eigenvalue weighted by Crippen LogP contribution is 2.22. The number of rotatable bonds is 7. The predicted octanol–water partition coefficient (Wildman–Crippen LogP) is 2.89. The van der Waals surface area contributed by atoms with E-state index in [1.807, 2.05) is 0 Å². The highest BCUT2D eigenvalue weighted by atomic mass is 15.2. The van der Waals surface area contributed by atoms with Gasteiger partial charge in [-0.15, -0.1) is 0 Å².